The predicted octanol–water partition coefficient (Wildman–Crippen LogP) is 7.46. The maximum absolute atomic E-state index is 2.55. The third kappa shape index (κ3) is 9.17. The topological polar surface area (TPSA) is 0 Å². The fourth-order valence-electron chi connectivity index (χ4n) is 3.61. The highest BCUT2D eigenvalue weighted by atomic mass is 14.3. The summed E-state index contributed by atoms with van der Waals surface area (Å²) in [6.45, 7) is 4.51. The lowest BCUT2D eigenvalue weighted by Gasteiger charge is -2.16. The Morgan fingerprint density at radius 2 is 1.57 bits per heavy atom. The fourth-order valence-corrected chi connectivity index (χ4v) is 3.61. The van der Waals surface area contributed by atoms with Crippen LogP contribution in [0.1, 0.15) is 97.3 Å². The Labute approximate surface area is 134 Å². The Bertz CT molecular complexity index is 274. The first kappa shape index (κ1) is 18.5. The number of hydrogen-bond acceptors (Lipinski definition) is 0. The van der Waals surface area contributed by atoms with Gasteiger partial charge in [-0.25, -0.2) is 0 Å². The second kappa shape index (κ2) is 13.2. The van der Waals surface area contributed by atoms with Crippen LogP contribution in [0.5, 0.6) is 0 Å². The monoisotopic (exact) mass is 290 g/mol. The fraction of sp³-hybridized carbons (Fsp3) is 0.810. The highest BCUT2D eigenvalue weighted by molar-refractivity contribution is 4.96. The molecule has 1 aliphatic carbocycles. The van der Waals surface area contributed by atoms with E-state index in [1.165, 1.54) is 83.5 Å². The van der Waals surface area contributed by atoms with Gasteiger partial charge in [-0.2, -0.15) is 0 Å². The molecule has 0 aromatic heterocycles. The summed E-state index contributed by atoms with van der Waals surface area (Å²) in [5.74, 6) is 1.90. The van der Waals surface area contributed by atoms with Crippen LogP contribution in [0.4, 0.5) is 0 Å². The number of allylic oxidation sites excluding steroid dienone is 4. The minimum atomic E-state index is 0.899. The van der Waals surface area contributed by atoms with E-state index in [0.29, 0.717) is 0 Å². The first-order valence-electron chi connectivity index (χ1n) is 9.70. The van der Waals surface area contributed by atoms with Gasteiger partial charge in [-0.15, -0.1) is 0 Å². The Hall–Kier alpha value is -0.520. The summed E-state index contributed by atoms with van der Waals surface area (Å²) in [4.78, 5) is 0. The van der Waals surface area contributed by atoms with Gasteiger partial charge >= 0.3 is 0 Å². The molecule has 0 nitrogen and oxygen atoms in total. The highest BCUT2D eigenvalue weighted by Gasteiger charge is 2.24. The van der Waals surface area contributed by atoms with E-state index < -0.39 is 0 Å². The van der Waals surface area contributed by atoms with Crippen LogP contribution in [-0.2, 0) is 0 Å². The van der Waals surface area contributed by atoms with Crippen LogP contribution < -0.4 is 0 Å². The average Bonchev–Trinajstić information content (AvgIpc) is 2.94. The van der Waals surface area contributed by atoms with Gasteiger partial charge in [-0.05, 0) is 50.4 Å². The summed E-state index contributed by atoms with van der Waals surface area (Å²) in [6.07, 6.45) is 27.8. The van der Waals surface area contributed by atoms with Crippen molar-refractivity contribution in [3.63, 3.8) is 0 Å². The van der Waals surface area contributed by atoms with Gasteiger partial charge < -0.3 is 0 Å². The summed E-state index contributed by atoms with van der Waals surface area (Å²) in [5.41, 5.74) is 0. The standard InChI is InChI=1S/C21H38/c1-3-5-7-9-11-13-16-20-18-15-19-21(20)17-14-12-10-8-6-4-2/h5,7,13,16,20-21H,3-4,6,8-12,14-15,17-19H2,1-2H3/t20-,21-/m0/s1. The normalized spacial score (nSPS) is 22.8. The van der Waals surface area contributed by atoms with Gasteiger partial charge in [-0.1, -0.05) is 83.1 Å². The number of unbranched alkanes of at least 4 members (excludes halogenated alkanes) is 6. The van der Waals surface area contributed by atoms with Crippen molar-refractivity contribution in [2.24, 2.45) is 11.8 Å². The molecule has 122 valence electrons. The molecule has 1 rings (SSSR count). The zero-order valence-electron chi connectivity index (χ0n) is 14.7. The van der Waals surface area contributed by atoms with Crippen molar-refractivity contribution >= 4 is 0 Å². The van der Waals surface area contributed by atoms with Gasteiger partial charge in [0.15, 0.2) is 0 Å². The highest BCUT2D eigenvalue weighted by Crippen LogP contribution is 2.36. The molecule has 21 heavy (non-hydrogen) atoms. The quantitative estimate of drug-likeness (QED) is 0.258. The van der Waals surface area contributed by atoms with Crippen LogP contribution in [-0.4, -0.2) is 0 Å². The molecule has 0 N–H and O–H groups in total. The van der Waals surface area contributed by atoms with Crippen LogP contribution in [0.2, 0.25) is 0 Å². The van der Waals surface area contributed by atoms with Crippen LogP contribution in [0, 0.1) is 11.8 Å². The lowest BCUT2D eigenvalue weighted by Crippen LogP contribution is -2.05. The molecule has 2 atom stereocenters. The molecule has 0 bridgehead atoms. The van der Waals surface area contributed by atoms with Gasteiger partial charge in [-0.3, -0.25) is 0 Å². The maximum atomic E-state index is 2.55. The Morgan fingerprint density at radius 3 is 2.38 bits per heavy atom. The van der Waals surface area contributed by atoms with Crippen LogP contribution in [0.3, 0.4) is 0 Å². The van der Waals surface area contributed by atoms with Gasteiger partial charge in [0.2, 0.25) is 0 Å². The molecule has 0 saturated heterocycles. The van der Waals surface area contributed by atoms with E-state index >= 15 is 0 Å². The van der Waals surface area contributed by atoms with Crippen LogP contribution in [0.15, 0.2) is 24.3 Å². The predicted molar refractivity (Wildman–Crippen MR) is 96.6 cm³/mol. The number of rotatable bonds is 12. The molecule has 0 radical (unpaired) electrons. The zero-order valence-corrected chi connectivity index (χ0v) is 14.7. The molecule has 0 heterocycles. The third-order valence-electron chi connectivity index (χ3n) is 4.93. The van der Waals surface area contributed by atoms with E-state index in [9.17, 15) is 0 Å². The smallest absolute Gasteiger partial charge is 0.0205 e. The minimum absolute atomic E-state index is 0.899. The molecule has 1 fully saturated rings. The first-order chi connectivity index (χ1) is 10.4. The van der Waals surface area contributed by atoms with Crippen molar-refractivity contribution in [2.45, 2.75) is 97.3 Å². The molecular weight excluding hydrogens is 252 g/mol. The molecule has 0 amide bonds. The molecule has 0 aromatic carbocycles. The third-order valence-corrected chi connectivity index (χ3v) is 4.93. The largest absolute Gasteiger partial charge is 0.0888 e. The lowest BCUT2D eigenvalue weighted by molar-refractivity contribution is 0.402. The van der Waals surface area contributed by atoms with Crippen molar-refractivity contribution in [3.05, 3.63) is 24.3 Å². The second-order valence-electron chi connectivity index (χ2n) is 6.80. The van der Waals surface area contributed by atoms with Crippen molar-refractivity contribution in [2.75, 3.05) is 0 Å². The molecule has 0 unspecified atom stereocenters. The van der Waals surface area contributed by atoms with Gasteiger partial charge in [0.05, 0.1) is 0 Å². The van der Waals surface area contributed by atoms with Gasteiger partial charge in [0.1, 0.15) is 0 Å². The molecule has 0 spiro atoms. The number of hydrogen-bond donors (Lipinski definition) is 0. The molecule has 1 aliphatic rings. The van der Waals surface area contributed by atoms with Crippen molar-refractivity contribution in [3.8, 4) is 0 Å². The Morgan fingerprint density at radius 1 is 0.810 bits per heavy atom. The average molecular weight is 291 g/mol. The van der Waals surface area contributed by atoms with E-state index in [1.807, 2.05) is 0 Å². The van der Waals surface area contributed by atoms with E-state index in [-0.39, 0.29) is 0 Å². The zero-order chi connectivity index (χ0) is 15.2. The molecule has 1 saturated carbocycles. The lowest BCUT2D eigenvalue weighted by atomic mass is 9.90. The second-order valence-corrected chi connectivity index (χ2v) is 6.80. The van der Waals surface area contributed by atoms with Crippen molar-refractivity contribution in [1.29, 1.82) is 0 Å². The first-order valence-corrected chi connectivity index (χ1v) is 9.70. The van der Waals surface area contributed by atoms with Crippen molar-refractivity contribution < 1.29 is 0 Å². The van der Waals surface area contributed by atoms with Gasteiger partial charge in [0.25, 0.3) is 0 Å². The van der Waals surface area contributed by atoms with Crippen molar-refractivity contribution in [1.82, 2.24) is 0 Å². The van der Waals surface area contributed by atoms with E-state index in [1.54, 1.807) is 0 Å². The molecule has 0 aliphatic heterocycles. The molecular formula is C21H38. The Balaban J connectivity index is 2.10. The molecule has 0 heteroatoms. The van der Waals surface area contributed by atoms with E-state index in [0.717, 1.165) is 11.8 Å². The maximum Gasteiger partial charge on any atom is -0.0205 e. The minimum Gasteiger partial charge on any atom is -0.0888 e. The van der Waals surface area contributed by atoms with Crippen LogP contribution >= 0.6 is 0 Å². The van der Waals surface area contributed by atoms with E-state index in [4.69, 9.17) is 0 Å². The Kier molecular flexibility index (Phi) is 11.6. The summed E-state index contributed by atoms with van der Waals surface area (Å²) in [6, 6.07) is 0. The summed E-state index contributed by atoms with van der Waals surface area (Å²) in [5, 5.41) is 0. The summed E-state index contributed by atoms with van der Waals surface area (Å²) in [7, 11) is 0. The SMILES string of the molecule is CCC=CCCC=C[C@H]1CCC[C@@H]1CCCCCCCC. The van der Waals surface area contributed by atoms with E-state index in [2.05, 4.69) is 38.2 Å². The summed E-state index contributed by atoms with van der Waals surface area (Å²) >= 11 is 0. The van der Waals surface area contributed by atoms with Gasteiger partial charge in [0, 0.05) is 0 Å². The molecule has 0 aromatic rings. The summed E-state index contributed by atoms with van der Waals surface area (Å²) < 4.78 is 0. The van der Waals surface area contributed by atoms with Crippen LogP contribution in [0.25, 0.3) is 0 Å².